The molecule has 0 aliphatic carbocycles. The molecular formula is C14H8F4N4S. The summed E-state index contributed by atoms with van der Waals surface area (Å²) in [7, 11) is 0. The predicted octanol–water partition coefficient (Wildman–Crippen LogP) is 4.50. The molecule has 2 heterocycles. The second-order valence-corrected chi connectivity index (χ2v) is 5.37. The summed E-state index contributed by atoms with van der Waals surface area (Å²) in [6.07, 6.45) is -2.01. The molecule has 0 aliphatic heterocycles. The van der Waals surface area contributed by atoms with Crippen LogP contribution in [0.1, 0.15) is 5.69 Å². The van der Waals surface area contributed by atoms with Crippen molar-refractivity contribution >= 4 is 23.0 Å². The lowest BCUT2D eigenvalue weighted by Gasteiger charge is -2.09. The molecule has 3 aromatic rings. The van der Waals surface area contributed by atoms with Gasteiger partial charge < -0.3 is 5.32 Å². The van der Waals surface area contributed by atoms with E-state index in [1.54, 1.807) is 17.8 Å². The number of aromatic nitrogens is 3. The van der Waals surface area contributed by atoms with E-state index in [-0.39, 0.29) is 11.6 Å². The number of anilines is 2. The zero-order chi connectivity index (χ0) is 16.4. The monoisotopic (exact) mass is 340 g/mol. The molecule has 9 heteroatoms. The van der Waals surface area contributed by atoms with Gasteiger partial charge in [-0.3, -0.25) is 4.98 Å². The van der Waals surface area contributed by atoms with Gasteiger partial charge in [0.15, 0.2) is 0 Å². The number of halogens is 4. The summed E-state index contributed by atoms with van der Waals surface area (Å²) >= 11 is 1.32. The van der Waals surface area contributed by atoms with Crippen LogP contribution in [-0.2, 0) is 6.18 Å². The van der Waals surface area contributed by atoms with Crippen LogP contribution in [0, 0.1) is 5.82 Å². The van der Waals surface area contributed by atoms with Gasteiger partial charge in [-0.2, -0.15) is 13.2 Å². The molecule has 0 bridgehead atoms. The molecule has 3 rings (SSSR count). The zero-order valence-corrected chi connectivity index (χ0v) is 12.1. The fraction of sp³-hybridized carbons (Fsp3) is 0.0714. The number of benzene rings is 1. The SMILES string of the molecule is Fc1cc(Nc2nccc(C(F)(F)F)n2)cc(-c2cncs2)c1. The van der Waals surface area contributed by atoms with E-state index >= 15 is 0 Å². The second-order valence-electron chi connectivity index (χ2n) is 4.48. The Labute approximate surface area is 131 Å². The first-order chi connectivity index (χ1) is 10.9. The third-order valence-corrected chi connectivity index (χ3v) is 3.64. The molecule has 23 heavy (non-hydrogen) atoms. The third kappa shape index (κ3) is 3.62. The largest absolute Gasteiger partial charge is 0.433 e. The Morgan fingerprint density at radius 1 is 1.13 bits per heavy atom. The van der Waals surface area contributed by atoms with Crippen molar-refractivity contribution in [1.82, 2.24) is 15.0 Å². The molecule has 0 fully saturated rings. The van der Waals surface area contributed by atoms with Crippen molar-refractivity contribution in [2.24, 2.45) is 0 Å². The standard InChI is InChI=1S/C14H8F4N4S/c15-9-3-8(11-6-19-7-23-11)4-10(5-9)21-13-20-2-1-12(22-13)14(16,17)18/h1-7H,(H,20,21,22). The molecule has 0 saturated heterocycles. The highest BCUT2D eigenvalue weighted by atomic mass is 32.1. The van der Waals surface area contributed by atoms with Gasteiger partial charge in [-0.05, 0) is 29.8 Å². The van der Waals surface area contributed by atoms with E-state index in [9.17, 15) is 17.6 Å². The minimum atomic E-state index is -4.57. The molecular weight excluding hydrogens is 332 g/mol. The van der Waals surface area contributed by atoms with Crippen LogP contribution in [0.2, 0.25) is 0 Å². The first kappa shape index (κ1) is 15.3. The maximum Gasteiger partial charge on any atom is 0.433 e. The van der Waals surface area contributed by atoms with Gasteiger partial charge in [0.05, 0.1) is 10.4 Å². The average molecular weight is 340 g/mol. The van der Waals surface area contributed by atoms with Crippen LogP contribution in [0.25, 0.3) is 10.4 Å². The molecule has 0 saturated carbocycles. The lowest BCUT2D eigenvalue weighted by Crippen LogP contribution is -2.10. The van der Waals surface area contributed by atoms with Crippen LogP contribution in [0.5, 0.6) is 0 Å². The molecule has 0 atom stereocenters. The summed E-state index contributed by atoms with van der Waals surface area (Å²) in [5, 5.41) is 2.58. The third-order valence-electron chi connectivity index (χ3n) is 2.82. The summed E-state index contributed by atoms with van der Waals surface area (Å²) in [6, 6.07) is 4.81. The molecule has 0 unspecified atom stereocenters. The van der Waals surface area contributed by atoms with E-state index in [1.807, 2.05) is 0 Å². The summed E-state index contributed by atoms with van der Waals surface area (Å²) in [4.78, 5) is 11.7. The zero-order valence-electron chi connectivity index (χ0n) is 11.3. The fourth-order valence-electron chi connectivity index (χ4n) is 1.87. The Morgan fingerprint density at radius 3 is 2.65 bits per heavy atom. The fourth-order valence-corrected chi connectivity index (χ4v) is 2.48. The highest BCUT2D eigenvalue weighted by Crippen LogP contribution is 2.30. The van der Waals surface area contributed by atoms with Crippen LogP contribution in [0.4, 0.5) is 29.2 Å². The Kier molecular flexibility index (Phi) is 3.95. The summed E-state index contributed by atoms with van der Waals surface area (Å²) in [5.74, 6) is -0.800. The van der Waals surface area contributed by atoms with Crippen molar-refractivity contribution in [2.75, 3.05) is 5.32 Å². The normalized spacial score (nSPS) is 11.5. The smallest absolute Gasteiger partial charge is 0.324 e. The van der Waals surface area contributed by atoms with Crippen molar-refractivity contribution in [3.8, 4) is 10.4 Å². The topological polar surface area (TPSA) is 50.7 Å². The van der Waals surface area contributed by atoms with Crippen molar-refractivity contribution in [3.05, 3.63) is 53.7 Å². The highest BCUT2D eigenvalue weighted by Gasteiger charge is 2.32. The number of hydrogen-bond donors (Lipinski definition) is 1. The highest BCUT2D eigenvalue weighted by molar-refractivity contribution is 7.13. The van der Waals surface area contributed by atoms with Crippen LogP contribution in [-0.4, -0.2) is 15.0 Å². The van der Waals surface area contributed by atoms with E-state index in [0.29, 0.717) is 5.56 Å². The van der Waals surface area contributed by atoms with E-state index in [0.717, 1.165) is 23.2 Å². The summed E-state index contributed by atoms with van der Waals surface area (Å²) in [5.41, 5.74) is 1.33. The predicted molar refractivity (Wildman–Crippen MR) is 77.8 cm³/mol. The van der Waals surface area contributed by atoms with Gasteiger partial charge in [0, 0.05) is 18.1 Å². The number of nitrogens with one attached hydrogen (secondary N) is 1. The summed E-state index contributed by atoms with van der Waals surface area (Å²) < 4.78 is 51.6. The van der Waals surface area contributed by atoms with Gasteiger partial charge in [0.1, 0.15) is 11.5 Å². The van der Waals surface area contributed by atoms with E-state index < -0.39 is 17.7 Å². The van der Waals surface area contributed by atoms with E-state index in [4.69, 9.17) is 0 Å². The average Bonchev–Trinajstić information content (AvgIpc) is 3.00. The number of rotatable bonds is 3. The van der Waals surface area contributed by atoms with Gasteiger partial charge in [-0.25, -0.2) is 14.4 Å². The van der Waals surface area contributed by atoms with Crippen LogP contribution >= 0.6 is 11.3 Å². The minimum Gasteiger partial charge on any atom is -0.324 e. The minimum absolute atomic E-state index is 0.243. The lowest BCUT2D eigenvalue weighted by molar-refractivity contribution is -0.141. The quantitative estimate of drug-likeness (QED) is 0.713. The first-order valence-electron chi connectivity index (χ1n) is 6.28. The van der Waals surface area contributed by atoms with Crippen molar-refractivity contribution in [3.63, 3.8) is 0 Å². The number of alkyl halides is 3. The maximum absolute atomic E-state index is 13.7. The Balaban J connectivity index is 1.92. The lowest BCUT2D eigenvalue weighted by atomic mass is 10.1. The molecule has 118 valence electrons. The first-order valence-corrected chi connectivity index (χ1v) is 7.16. The van der Waals surface area contributed by atoms with Crippen LogP contribution in [0.15, 0.2) is 42.2 Å². The van der Waals surface area contributed by atoms with E-state index in [2.05, 4.69) is 20.3 Å². The number of thiazole rings is 1. The van der Waals surface area contributed by atoms with Crippen molar-refractivity contribution < 1.29 is 17.6 Å². The second kappa shape index (κ2) is 5.92. The number of nitrogens with zero attached hydrogens (tertiary/aromatic N) is 3. The van der Waals surface area contributed by atoms with Crippen molar-refractivity contribution in [2.45, 2.75) is 6.18 Å². The molecule has 0 spiro atoms. The Morgan fingerprint density at radius 2 is 1.96 bits per heavy atom. The van der Waals surface area contributed by atoms with Gasteiger partial charge in [-0.1, -0.05) is 0 Å². The van der Waals surface area contributed by atoms with Gasteiger partial charge in [0.25, 0.3) is 0 Å². The Hall–Kier alpha value is -2.55. The molecule has 0 radical (unpaired) electrons. The van der Waals surface area contributed by atoms with E-state index in [1.165, 1.54) is 17.4 Å². The molecule has 2 aromatic heterocycles. The maximum atomic E-state index is 13.7. The van der Waals surface area contributed by atoms with Gasteiger partial charge in [-0.15, -0.1) is 11.3 Å². The summed E-state index contributed by atoms with van der Waals surface area (Å²) in [6.45, 7) is 0. The van der Waals surface area contributed by atoms with Crippen molar-refractivity contribution in [1.29, 1.82) is 0 Å². The molecule has 1 N–H and O–H groups in total. The van der Waals surface area contributed by atoms with Gasteiger partial charge >= 0.3 is 6.18 Å². The van der Waals surface area contributed by atoms with Crippen LogP contribution in [0.3, 0.4) is 0 Å². The number of hydrogen-bond acceptors (Lipinski definition) is 5. The molecule has 0 aliphatic rings. The van der Waals surface area contributed by atoms with Gasteiger partial charge in [0.2, 0.25) is 5.95 Å². The molecule has 0 amide bonds. The Bertz CT molecular complexity index is 818. The molecule has 4 nitrogen and oxygen atoms in total. The van der Waals surface area contributed by atoms with Crippen LogP contribution < -0.4 is 5.32 Å². The molecule has 1 aromatic carbocycles.